The van der Waals surface area contributed by atoms with E-state index in [1.165, 1.54) is 42.4 Å². The molecule has 4 nitrogen and oxygen atoms in total. The van der Waals surface area contributed by atoms with E-state index in [4.69, 9.17) is 4.74 Å². The van der Waals surface area contributed by atoms with Crippen LogP contribution in [-0.4, -0.2) is 25.8 Å². The Morgan fingerprint density at radius 3 is 1.96 bits per heavy atom. The van der Waals surface area contributed by atoms with E-state index in [0.717, 1.165) is 40.7 Å². The van der Waals surface area contributed by atoms with Crippen LogP contribution in [0, 0.1) is 0 Å². The first-order valence-electron chi connectivity index (χ1n) is 16.9. The number of hydrogen-bond donors (Lipinski definition) is 0. The Morgan fingerprint density at radius 1 is 0.580 bits per heavy atom. The van der Waals surface area contributed by atoms with Gasteiger partial charge in [0.1, 0.15) is 0 Å². The average molecular weight is 835 g/mol. The summed E-state index contributed by atoms with van der Waals surface area (Å²) in [6, 6.07) is 60.2. The summed E-state index contributed by atoms with van der Waals surface area (Å²) >= 11 is 0.582. The van der Waals surface area contributed by atoms with Gasteiger partial charge < -0.3 is 0 Å². The van der Waals surface area contributed by atoms with E-state index >= 15 is 0 Å². The maximum atomic E-state index is 6.32. The zero-order chi connectivity index (χ0) is 33.4. The first-order chi connectivity index (χ1) is 24.7. The molecule has 2 heterocycles. The average Bonchev–Trinajstić information content (AvgIpc) is 3.55. The number of benzene rings is 7. The van der Waals surface area contributed by atoms with Gasteiger partial charge in [0.05, 0.1) is 0 Å². The third-order valence-electron chi connectivity index (χ3n) is 9.40. The van der Waals surface area contributed by atoms with Crippen LogP contribution in [0.2, 0.25) is 0 Å². The van der Waals surface area contributed by atoms with Crippen molar-refractivity contribution < 1.29 is 4.74 Å². The quantitative estimate of drug-likeness (QED) is 0.155. The monoisotopic (exact) mass is 835 g/mol. The second-order valence-electron chi connectivity index (χ2n) is 12.5. The van der Waals surface area contributed by atoms with Crippen LogP contribution in [0.5, 0.6) is 11.5 Å². The van der Waals surface area contributed by atoms with Crippen LogP contribution >= 0.6 is 0 Å². The molecule has 9 rings (SSSR count). The molecule has 50 heavy (non-hydrogen) atoms. The third-order valence-corrected chi connectivity index (χ3v) is 11.1. The summed E-state index contributed by atoms with van der Waals surface area (Å²) in [4.78, 5) is 7.17. The summed E-state index contributed by atoms with van der Waals surface area (Å²) in [5.74, 6) is 1.70. The van der Waals surface area contributed by atoms with Crippen molar-refractivity contribution >= 4 is 76.4 Å². The molecule has 0 spiro atoms. The molecule has 0 saturated heterocycles. The zero-order valence-electron chi connectivity index (χ0n) is 27.4. The van der Waals surface area contributed by atoms with Crippen LogP contribution in [0.4, 0.5) is 39.8 Å². The summed E-state index contributed by atoms with van der Waals surface area (Å²) in [5.41, 5.74) is 10.4. The molecule has 0 N–H and O–H groups in total. The van der Waals surface area contributed by atoms with E-state index in [2.05, 4.69) is 172 Å². The van der Waals surface area contributed by atoms with E-state index in [9.17, 15) is 0 Å². The predicted octanol–water partition coefficient (Wildman–Crippen LogP) is 11.8. The van der Waals surface area contributed by atoms with Crippen molar-refractivity contribution in [1.29, 1.82) is 0 Å². The Balaban J connectivity index is 1.15. The van der Waals surface area contributed by atoms with Crippen LogP contribution in [-0.2, 0) is 6.42 Å². The van der Waals surface area contributed by atoms with Gasteiger partial charge >= 0.3 is 298 Å². The van der Waals surface area contributed by atoms with Crippen molar-refractivity contribution in [2.75, 3.05) is 14.7 Å². The fourth-order valence-corrected chi connectivity index (χ4v) is 8.66. The molecule has 0 saturated carbocycles. The number of ether oxygens (including phenoxy) is 1. The van der Waals surface area contributed by atoms with Crippen molar-refractivity contribution in [2.24, 2.45) is 0 Å². The van der Waals surface area contributed by atoms with Crippen LogP contribution < -0.4 is 19.4 Å². The Morgan fingerprint density at radius 2 is 1.18 bits per heavy atom. The van der Waals surface area contributed by atoms with Gasteiger partial charge in [-0.3, -0.25) is 0 Å². The summed E-state index contributed by atoms with van der Waals surface area (Å²) in [6.07, 6.45) is 5.53. The Kier molecular flexibility index (Phi) is 7.93. The topological polar surface area (TPSA) is 19.0 Å². The number of rotatable bonds is 6. The van der Waals surface area contributed by atoms with Crippen LogP contribution in [0.15, 0.2) is 191 Å². The Hall–Kier alpha value is -5.60. The fourth-order valence-electron chi connectivity index (χ4n) is 7.16. The van der Waals surface area contributed by atoms with Gasteiger partial charge in [-0.1, -0.05) is 12.1 Å². The third kappa shape index (κ3) is 5.46. The van der Waals surface area contributed by atoms with Gasteiger partial charge in [0, 0.05) is 0 Å². The minimum absolute atomic E-state index is 0.582. The first-order valence-corrected chi connectivity index (χ1v) is 19.1. The number of anilines is 7. The van der Waals surface area contributed by atoms with Gasteiger partial charge in [-0.25, -0.2) is 0 Å². The standard InChI is InChI=1S/C45H32N3O.Tl/c1-2-18-35(19-3-1)46(41-27-12-17-33-15-4-6-23-39(33)41)30-14-22-36-31-34-16-5-7-24-40(34)47(36)37-20-13-21-38(32-37)48-42-25-8-10-28-44(42)49-45-29-11-9-26-43(45)48;/h1-29,32H,31H2;/b30-14?,36-22+;. The Labute approximate surface area is 308 Å². The van der Waals surface area contributed by atoms with Crippen LogP contribution in [0.3, 0.4) is 0 Å². The van der Waals surface area contributed by atoms with Crippen LogP contribution in [0.1, 0.15) is 5.56 Å². The van der Waals surface area contributed by atoms with E-state index < -0.39 is 0 Å². The van der Waals surface area contributed by atoms with Crippen molar-refractivity contribution in [3.05, 3.63) is 197 Å². The molecule has 0 aromatic heterocycles. The summed E-state index contributed by atoms with van der Waals surface area (Å²) < 4.78 is 7.61. The van der Waals surface area contributed by atoms with E-state index in [-0.39, 0.29) is 0 Å². The first kappa shape index (κ1) is 30.5. The summed E-state index contributed by atoms with van der Waals surface area (Å²) in [7, 11) is 0. The van der Waals surface area contributed by atoms with Gasteiger partial charge in [0.2, 0.25) is 0 Å². The van der Waals surface area contributed by atoms with Crippen LogP contribution in [0.25, 0.3) is 10.8 Å². The number of para-hydroxylation sites is 6. The molecule has 7 aromatic carbocycles. The van der Waals surface area contributed by atoms with Gasteiger partial charge in [0.25, 0.3) is 0 Å². The zero-order valence-corrected chi connectivity index (χ0v) is 31.8. The van der Waals surface area contributed by atoms with Crippen molar-refractivity contribution in [1.82, 2.24) is 0 Å². The van der Waals surface area contributed by atoms with Gasteiger partial charge in [-0.15, -0.1) is 0 Å². The Bertz CT molecular complexity index is 2390. The molecule has 0 bridgehead atoms. The SMILES string of the molecule is [Tl]/[C](=C\C=C1/Cc2ccccc2N1c1cccc(N2c3ccccc3Oc3ccccc32)c1)N(c1ccccc1)c1cccc2ccccc12. The molecule has 0 unspecified atom stereocenters. The second kappa shape index (κ2) is 13.0. The molecule has 0 aliphatic carbocycles. The molecule has 0 fully saturated rings. The summed E-state index contributed by atoms with van der Waals surface area (Å²) in [5, 5.41) is 2.49. The van der Waals surface area contributed by atoms with Gasteiger partial charge in [0.15, 0.2) is 0 Å². The van der Waals surface area contributed by atoms with E-state index in [0.29, 0.717) is 25.8 Å². The maximum absolute atomic E-state index is 6.32. The summed E-state index contributed by atoms with van der Waals surface area (Å²) in [6.45, 7) is 0. The molecular weight excluding hydrogens is 803 g/mol. The predicted molar refractivity (Wildman–Crippen MR) is 208 cm³/mol. The second-order valence-corrected chi connectivity index (χ2v) is 14.8. The number of hydrogen-bond acceptors (Lipinski definition) is 4. The molecular formula is C45H32N3OTl. The molecule has 2 aliphatic rings. The molecule has 2 aliphatic heterocycles. The van der Waals surface area contributed by atoms with Gasteiger partial charge in [-0.2, -0.15) is 0 Å². The number of allylic oxidation sites excluding steroid dienone is 3. The molecule has 7 aromatic rings. The van der Waals surface area contributed by atoms with Crippen molar-refractivity contribution in [2.45, 2.75) is 6.42 Å². The molecule has 236 valence electrons. The number of fused-ring (bicyclic) bond motifs is 4. The minimum atomic E-state index is 0.582. The van der Waals surface area contributed by atoms with E-state index in [1.54, 1.807) is 0 Å². The molecule has 0 radical (unpaired) electrons. The van der Waals surface area contributed by atoms with Crippen molar-refractivity contribution in [3.8, 4) is 11.5 Å². The van der Waals surface area contributed by atoms with E-state index in [1.807, 2.05) is 24.3 Å². The fraction of sp³-hybridized carbons (Fsp3) is 0.0222. The van der Waals surface area contributed by atoms with Gasteiger partial charge in [-0.05, 0) is 0 Å². The normalized spacial score (nSPS) is 14.2. The molecule has 5 heteroatoms. The van der Waals surface area contributed by atoms with Crippen molar-refractivity contribution in [3.63, 3.8) is 0 Å². The molecule has 0 atom stereocenters. The molecule has 0 amide bonds. The number of nitrogens with zero attached hydrogens (tertiary/aromatic N) is 3.